The Morgan fingerprint density at radius 3 is 2.50 bits per heavy atom. The van der Waals surface area contributed by atoms with Crippen molar-refractivity contribution < 1.29 is 9.47 Å². The second-order valence-corrected chi connectivity index (χ2v) is 3.23. The summed E-state index contributed by atoms with van der Waals surface area (Å²) in [6, 6.07) is 7.53. The average Bonchev–Trinajstić information content (AvgIpc) is 2.34. The molecule has 0 radical (unpaired) electrons. The molecule has 1 N–H and O–H groups in total. The van der Waals surface area contributed by atoms with Gasteiger partial charge in [-0.05, 0) is 24.3 Å². The van der Waals surface area contributed by atoms with Crippen LogP contribution in [0, 0.1) is 12.3 Å². The van der Waals surface area contributed by atoms with Crippen LogP contribution >= 0.6 is 0 Å². The summed E-state index contributed by atoms with van der Waals surface area (Å²) in [5.74, 6) is 4.25. The lowest BCUT2D eigenvalue weighted by molar-refractivity contribution is 0.314. The zero-order chi connectivity index (χ0) is 11.6. The molecule has 1 aromatic rings. The summed E-state index contributed by atoms with van der Waals surface area (Å²) in [5, 5.41) is 3.19. The molecule has 0 saturated carbocycles. The van der Waals surface area contributed by atoms with Crippen molar-refractivity contribution in [2.24, 2.45) is 0 Å². The number of nitrogens with one attached hydrogen (secondary N) is 1. The molecule has 3 heteroatoms. The van der Waals surface area contributed by atoms with E-state index >= 15 is 0 Å². The van der Waals surface area contributed by atoms with Crippen LogP contribution in [0.3, 0.4) is 0 Å². The van der Waals surface area contributed by atoms with E-state index in [1.165, 1.54) is 0 Å². The molecule has 0 heterocycles. The van der Waals surface area contributed by atoms with Gasteiger partial charge >= 0.3 is 0 Å². The molecule has 0 aliphatic heterocycles. The van der Waals surface area contributed by atoms with Gasteiger partial charge in [0.2, 0.25) is 0 Å². The summed E-state index contributed by atoms with van der Waals surface area (Å²) in [6.07, 6.45) is 5.88. The van der Waals surface area contributed by atoms with E-state index in [2.05, 4.69) is 11.2 Å². The van der Waals surface area contributed by atoms with Crippen LogP contribution in [0.5, 0.6) is 11.5 Å². The van der Waals surface area contributed by atoms with Gasteiger partial charge in [0.05, 0.1) is 7.11 Å². The number of ether oxygens (including phenoxy) is 2. The van der Waals surface area contributed by atoms with Crippen LogP contribution in [0.15, 0.2) is 24.3 Å². The van der Waals surface area contributed by atoms with Crippen molar-refractivity contribution in [3.05, 3.63) is 24.3 Å². The average molecular weight is 219 g/mol. The summed E-state index contributed by atoms with van der Waals surface area (Å²) in [7, 11) is 1.64. The smallest absolute Gasteiger partial charge is 0.119 e. The Bertz CT molecular complexity index is 327. The molecule has 0 aliphatic carbocycles. The number of terminal acetylenes is 1. The van der Waals surface area contributed by atoms with E-state index in [0.717, 1.165) is 31.0 Å². The second-order valence-electron chi connectivity index (χ2n) is 3.23. The molecule has 1 rings (SSSR count). The molecule has 0 aliphatic rings. The summed E-state index contributed by atoms with van der Waals surface area (Å²) in [6.45, 7) is 2.27. The third-order valence-corrected chi connectivity index (χ3v) is 2.05. The number of hydrogen-bond acceptors (Lipinski definition) is 3. The first-order valence-electron chi connectivity index (χ1n) is 5.28. The maximum atomic E-state index is 5.52. The number of methoxy groups -OCH3 is 1. The summed E-state index contributed by atoms with van der Waals surface area (Å²) >= 11 is 0. The van der Waals surface area contributed by atoms with Crippen molar-refractivity contribution in [1.29, 1.82) is 0 Å². The maximum Gasteiger partial charge on any atom is 0.119 e. The van der Waals surface area contributed by atoms with E-state index < -0.39 is 0 Å². The van der Waals surface area contributed by atoms with Crippen molar-refractivity contribution in [3.8, 4) is 23.8 Å². The first kappa shape index (κ1) is 12.4. The third-order valence-electron chi connectivity index (χ3n) is 2.05. The van der Waals surface area contributed by atoms with Gasteiger partial charge in [-0.1, -0.05) is 0 Å². The molecule has 86 valence electrons. The second kappa shape index (κ2) is 7.61. The van der Waals surface area contributed by atoms with Crippen LogP contribution in [0.4, 0.5) is 0 Å². The highest BCUT2D eigenvalue weighted by Gasteiger charge is 1.94. The van der Waals surface area contributed by atoms with Gasteiger partial charge in [-0.2, -0.15) is 0 Å². The first-order valence-corrected chi connectivity index (χ1v) is 5.28. The highest BCUT2D eigenvalue weighted by molar-refractivity contribution is 5.31. The lowest BCUT2D eigenvalue weighted by Gasteiger charge is -2.07. The summed E-state index contributed by atoms with van der Waals surface area (Å²) in [4.78, 5) is 0. The quantitative estimate of drug-likeness (QED) is 0.559. The Labute approximate surface area is 96.8 Å². The summed E-state index contributed by atoms with van der Waals surface area (Å²) < 4.78 is 10.6. The fourth-order valence-corrected chi connectivity index (χ4v) is 1.20. The molecule has 0 spiro atoms. The molecule has 0 fully saturated rings. The Hall–Kier alpha value is -1.66. The van der Waals surface area contributed by atoms with Crippen LogP contribution in [-0.2, 0) is 0 Å². The minimum absolute atomic E-state index is 0.636. The molecule has 0 amide bonds. The standard InChI is InChI=1S/C13H17NO2/c1-3-4-9-14-10-11-16-13-7-5-12(15-2)6-8-13/h1,5-8,14H,4,9-11H2,2H3. The number of benzene rings is 1. The first-order chi connectivity index (χ1) is 7.86. The van der Waals surface area contributed by atoms with E-state index in [9.17, 15) is 0 Å². The summed E-state index contributed by atoms with van der Waals surface area (Å²) in [5.41, 5.74) is 0. The maximum absolute atomic E-state index is 5.52. The van der Waals surface area contributed by atoms with Crippen molar-refractivity contribution in [2.75, 3.05) is 26.8 Å². The van der Waals surface area contributed by atoms with Gasteiger partial charge in [-0.25, -0.2) is 0 Å². The largest absolute Gasteiger partial charge is 0.497 e. The minimum atomic E-state index is 0.636. The highest BCUT2D eigenvalue weighted by atomic mass is 16.5. The van der Waals surface area contributed by atoms with Crippen molar-refractivity contribution in [3.63, 3.8) is 0 Å². The molecule has 0 bridgehead atoms. The monoisotopic (exact) mass is 219 g/mol. The van der Waals surface area contributed by atoms with E-state index in [-0.39, 0.29) is 0 Å². The van der Waals surface area contributed by atoms with Gasteiger partial charge in [0.1, 0.15) is 18.1 Å². The van der Waals surface area contributed by atoms with Gasteiger partial charge < -0.3 is 14.8 Å². The lowest BCUT2D eigenvalue weighted by atomic mass is 10.3. The van der Waals surface area contributed by atoms with Gasteiger partial charge in [0.25, 0.3) is 0 Å². The van der Waals surface area contributed by atoms with Crippen molar-refractivity contribution in [2.45, 2.75) is 6.42 Å². The topological polar surface area (TPSA) is 30.5 Å². The lowest BCUT2D eigenvalue weighted by Crippen LogP contribution is -2.21. The van der Waals surface area contributed by atoms with Crippen LogP contribution in [0.2, 0.25) is 0 Å². The fourth-order valence-electron chi connectivity index (χ4n) is 1.20. The molecule has 3 nitrogen and oxygen atoms in total. The minimum Gasteiger partial charge on any atom is -0.497 e. The van der Waals surface area contributed by atoms with Crippen LogP contribution in [0.1, 0.15) is 6.42 Å². The van der Waals surface area contributed by atoms with Crippen molar-refractivity contribution >= 4 is 0 Å². The van der Waals surface area contributed by atoms with Gasteiger partial charge in [-0.3, -0.25) is 0 Å². The van der Waals surface area contributed by atoms with E-state index in [4.69, 9.17) is 15.9 Å². The molecule has 0 unspecified atom stereocenters. The molecule has 0 atom stereocenters. The Kier molecular flexibility index (Phi) is 5.90. The van der Waals surface area contributed by atoms with Gasteiger partial charge in [0.15, 0.2) is 0 Å². The van der Waals surface area contributed by atoms with Gasteiger partial charge in [-0.15, -0.1) is 12.3 Å². The van der Waals surface area contributed by atoms with Crippen molar-refractivity contribution in [1.82, 2.24) is 5.32 Å². The molecule has 16 heavy (non-hydrogen) atoms. The molecule has 0 aromatic heterocycles. The van der Waals surface area contributed by atoms with E-state index in [0.29, 0.717) is 6.61 Å². The Morgan fingerprint density at radius 2 is 1.88 bits per heavy atom. The van der Waals surface area contributed by atoms with E-state index in [1.807, 2.05) is 24.3 Å². The Balaban J connectivity index is 2.15. The Morgan fingerprint density at radius 1 is 1.19 bits per heavy atom. The highest BCUT2D eigenvalue weighted by Crippen LogP contribution is 2.16. The zero-order valence-corrected chi connectivity index (χ0v) is 9.53. The molecule has 0 saturated heterocycles. The predicted octanol–water partition coefficient (Wildman–Crippen LogP) is 1.69. The van der Waals surface area contributed by atoms with Gasteiger partial charge in [0, 0.05) is 19.5 Å². The van der Waals surface area contributed by atoms with Crippen LogP contribution in [0.25, 0.3) is 0 Å². The zero-order valence-electron chi connectivity index (χ0n) is 9.53. The number of hydrogen-bond donors (Lipinski definition) is 1. The molecule has 1 aromatic carbocycles. The normalized spacial score (nSPS) is 9.50. The fraction of sp³-hybridized carbons (Fsp3) is 0.385. The van der Waals surface area contributed by atoms with Crippen LogP contribution < -0.4 is 14.8 Å². The molecular weight excluding hydrogens is 202 g/mol. The number of rotatable bonds is 7. The molecular formula is C13H17NO2. The SMILES string of the molecule is C#CCCNCCOc1ccc(OC)cc1. The van der Waals surface area contributed by atoms with Crippen LogP contribution in [-0.4, -0.2) is 26.8 Å². The van der Waals surface area contributed by atoms with E-state index in [1.54, 1.807) is 7.11 Å². The third kappa shape index (κ3) is 4.72. The predicted molar refractivity (Wildman–Crippen MR) is 64.8 cm³/mol.